The topological polar surface area (TPSA) is 256 Å². The Morgan fingerprint density at radius 3 is 1.96 bits per heavy atom. The number of aliphatic hydroxyl groups excluding tert-OH is 2. The van der Waals surface area contributed by atoms with Crippen molar-refractivity contribution < 1.29 is 43.6 Å². The van der Waals surface area contributed by atoms with Gasteiger partial charge < -0.3 is 40.4 Å². The van der Waals surface area contributed by atoms with Gasteiger partial charge >= 0.3 is 17.9 Å². The van der Waals surface area contributed by atoms with Crippen molar-refractivity contribution in [2.24, 2.45) is 10.8 Å². The van der Waals surface area contributed by atoms with Crippen molar-refractivity contribution >= 4 is 24.0 Å². The third-order valence-corrected chi connectivity index (χ3v) is 10.6. The average Bonchev–Trinajstić information content (AvgIpc) is 3.77. The first-order valence-corrected chi connectivity index (χ1v) is 21.7. The summed E-state index contributed by atoms with van der Waals surface area (Å²) in [5, 5.41) is 30.5. The molecule has 0 bridgehead atoms. The van der Waals surface area contributed by atoms with Crippen molar-refractivity contribution in [2.45, 2.75) is 98.0 Å². The quantitative estimate of drug-likeness (QED) is 0.0629. The first-order valence-electron chi connectivity index (χ1n) is 21.7. The van der Waals surface area contributed by atoms with Crippen LogP contribution in [0.1, 0.15) is 64.5 Å². The highest BCUT2D eigenvalue weighted by Crippen LogP contribution is 2.23. The van der Waals surface area contributed by atoms with Crippen LogP contribution in [-0.2, 0) is 36.8 Å². The van der Waals surface area contributed by atoms with Gasteiger partial charge in [0, 0.05) is 36.6 Å². The molecule has 0 radical (unpaired) electrons. The molecule has 19 nitrogen and oxygen atoms in total. The minimum atomic E-state index is -1.22. The molecule has 0 aliphatic carbocycles. The molecule has 4 aromatic rings. The maximum Gasteiger partial charge on any atom is 0.407 e. The minimum absolute atomic E-state index is 0.120. The Bertz CT molecular complexity index is 2400. The van der Waals surface area contributed by atoms with Crippen LogP contribution in [0, 0.1) is 17.8 Å². The van der Waals surface area contributed by atoms with Crippen LogP contribution < -0.4 is 32.6 Å². The van der Waals surface area contributed by atoms with Crippen LogP contribution in [0.4, 0.5) is 9.59 Å². The number of ether oxygens (including phenoxy) is 3. The Morgan fingerprint density at radius 1 is 0.821 bits per heavy atom. The zero-order chi connectivity index (χ0) is 49.5. The summed E-state index contributed by atoms with van der Waals surface area (Å²) in [4.78, 5) is 81.2. The third kappa shape index (κ3) is 16.0. The van der Waals surface area contributed by atoms with E-state index < -0.39 is 82.6 Å². The second-order valence-corrected chi connectivity index (χ2v) is 18.1. The van der Waals surface area contributed by atoms with Crippen molar-refractivity contribution in [3.63, 3.8) is 0 Å². The molecule has 2 aromatic heterocycles. The van der Waals surface area contributed by atoms with E-state index in [-0.39, 0.29) is 26.1 Å². The van der Waals surface area contributed by atoms with Gasteiger partial charge in [0.1, 0.15) is 18.2 Å². The summed E-state index contributed by atoms with van der Waals surface area (Å²) >= 11 is 0. The number of H-pyrrole nitrogens is 1. The van der Waals surface area contributed by atoms with Gasteiger partial charge in [-0.05, 0) is 53.5 Å². The van der Waals surface area contributed by atoms with Crippen molar-refractivity contribution in [2.75, 3.05) is 27.4 Å². The number of carbonyl (C=O) groups is 4. The molecule has 1 aliphatic rings. The Morgan fingerprint density at radius 2 is 1.42 bits per heavy atom. The lowest BCUT2D eigenvalue weighted by molar-refractivity contribution is -0.132. The summed E-state index contributed by atoms with van der Waals surface area (Å²) in [5.74, 6) is -1.03. The molecule has 0 spiro atoms. The van der Waals surface area contributed by atoms with Gasteiger partial charge in [-0.2, -0.15) is 0 Å². The first-order chi connectivity index (χ1) is 31.6. The van der Waals surface area contributed by atoms with Gasteiger partial charge in [0.15, 0.2) is 6.23 Å². The number of aromatic nitrogens is 3. The van der Waals surface area contributed by atoms with Crippen molar-refractivity contribution in [3.8, 4) is 11.3 Å². The Kier molecular flexibility index (Phi) is 19.1. The predicted octanol–water partition coefficient (Wildman–Crippen LogP) is 3.50. The zero-order valence-corrected chi connectivity index (χ0v) is 39.4. The van der Waals surface area contributed by atoms with Gasteiger partial charge in [0.05, 0.1) is 38.7 Å². The molecule has 0 saturated carbocycles. The van der Waals surface area contributed by atoms with E-state index in [1.165, 1.54) is 25.0 Å². The fraction of sp³-hybridized carbons (Fsp3) is 0.438. The van der Waals surface area contributed by atoms with Gasteiger partial charge in [0.2, 0.25) is 5.91 Å². The van der Waals surface area contributed by atoms with E-state index in [1.54, 1.807) is 51.1 Å². The van der Waals surface area contributed by atoms with Crippen LogP contribution in [0.15, 0.2) is 107 Å². The third-order valence-electron chi connectivity index (χ3n) is 10.6. The Balaban J connectivity index is 0.000000510. The lowest BCUT2D eigenvalue weighted by Crippen LogP contribution is -2.60. The summed E-state index contributed by atoms with van der Waals surface area (Å²) in [6.07, 6.45) is 3.04. The number of alkyl carbamates (subject to hydrolysis) is 2. The number of hydrogen-bond acceptors (Lipinski definition) is 13. The molecule has 3 heterocycles. The first kappa shape index (κ1) is 52.9. The van der Waals surface area contributed by atoms with Crippen LogP contribution in [0.2, 0.25) is 0 Å². The van der Waals surface area contributed by atoms with Crippen LogP contribution >= 0.6 is 0 Å². The molecule has 0 saturated heterocycles. The summed E-state index contributed by atoms with van der Waals surface area (Å²) in [5.41, 5.74) is 4.39. The molecule has 1 aliphatic heterocycles. The Labute approximate surface area is 389 Å². The fourth-order valence-corrected chi connectivity index (χ4v) is 6.91. The van der Waals surface area contributed by atoms with Crippen LogP contribution in [0.3, 0.4) is 0 Å². The van der Waals surface area contributed by atoms with Crippen LogP contribution in [-0.4, -0.2) is 111 Å². The van der Waals surface area contributed by atoms with Crippen LogP contribution in [0.5, 0.6) is 0 Å². The summed E-state index contributed by atoms with van der Waals surface area (Å²) < 4.78 is 16.2. The van der Waals surface area contributed by atoms with E-state index in [0.29, 0.717) is 5.56 Å². The monoisotopic (exact) mass is 928 g/mol. The van der Waals surface area contributed by atoms with E-state index in [4.69, 9.17) is 19.3 Å². The molecule has 19 heteroatoms. The van der Waals surface area contributed by atoms with Crippen molar-refractivity contribution in [1.82, 2.24) is 40.9 Å². The van der Waals surface area contributed by atoms with Gasteiger partial charge in [-0.3, -0.25) is 34.3 Å². The maximum atomic E-state index is 13.8. The minimum Gasteiger partial charge on any atom is -0.453 e. The molecule has 362 valence electrons. The number of methoxy groups -OCH3 is 2. The molecule has 7 N–H and O–H groups in total. The number of nitrogens with zero attached hydrogens (tertiary/aromatic N) is 3. The maximum absolute atomic E-state index is 13.8. The number of aryl methyl sites for hydroxylation is 1. The number of aromatic amines is 1. The second kappa shape index (κ2) is 24.2. The van der Waals surface area contributed by atoms with E-state index in [1.807, 2.05) is 93.6 Å². The number of nitrogens with one attached hydrogen (secondary N) is 5. The standard InChI is InChI=1S/C38H52N6O7.C10H12N2O4/c1-37(2,3)31(41-35(48)50-7)33(46)40-29(22-25-14-10-9-11-15-25)30(45)24-44(43-34(47)32(38(4,5)6)42-36(49)51-8)23-26-17-19-27(20-18-26)28-16-12-13-21-39-28;1-6-4-12(10(15)11-9(6)14)8-3-2-7(5-13)16-8/h9-21,29-32,45H,22-24H2,1-8H3,(H,40,46)(H,41,48)(H,42,49)(H,43,47);2-4,7-8,13H,5H2,1H3,(H,11,14,15)/t29-,30-,31+,32+;7-,8+/m00/s1. The van der Waals surface area contributed by atoms with Gasteiger partial charge in [-0.25, -0.2) is 19.4 Å². The van der Waals surface area contributed by atoms with E-state index in [9.17, 15) is 33.9 Å². The van der Waals surface area contributed by atoms with E-state index in [0.717, 1.165) is 22.4 Å². The van der Waals surface area contributed by atoms with Crippen molar-refractivity contribution in [3.05, 3.63) is 135 Å². The van der Waals surface area contributed by atoms with E-state index >= 15 is 0 Å². The zero-order valence-electron chi connectivity index (χ0n) is 39.4. The molecule has 0 fully saturated rings. The molecule has 6 atom stereocenters. The second-order valence-electron chi connectivity index (χ2n) is 18.1. The van der Waals surface area contributed by atoms with Gasteiger partial charge in [-0.15, -0.1) is 0 Å². The molecular formula is C48H64N8O11. The molecule has 0 unspecified atom stereocenters. The molecule has 2 aromatic carbocycles. The van der Waals surface area contributed by atoms with E-state index in [2.05, 4.69) is 31.3 Å². The average molecular weight is 929 g/mol. The molecule has 4 amide bonds. The molecular weight excluding hydrogens is 865 g/mol. The van der Waals surface area contributed by atoms with Gasteiger partial charge in [-0.1, -0.05) is 108 Å². The summed E-state index contributed by atoms with van der Waals surface area (Å²) in [6.45, 7) is 12.4. The number of benzene rings is 2. The fourth-order valence-electron chi connectivity index (χ4n) is 6.91. The Hall–Kier alpha value is -6.67. The van der Waals surface area contributed by atoms with Crippen molar-refractivity contribution in [1.29, 1.82) is 0 Å². The number of rotatable bonds is 16. The normalized spacial score (nSPS) is 16.4. The number of amides is 4. The predicted molar refractivity (Wildman–Crippen MR) is 250 cm³/mol. The smallest absolute Gasteiger partial charge is 0.407 e. The lowest BCUT2D eigenvalue weighted by atomic mass is 9.85. The largest absolute Gasteiger partial charge is 0.453 e. The highest BCUT2D eigenvalue weighted by Gasteiger charge is 2.37. The summed E-state index contributed by atoms with van der Waals surface area (Å²) in [6, 6.07) is 19.8. The number of hydrazine groups is 1. The number of aliphatic hydroxyl groups is 2. The highest BCUT2D eigenvalue weighted by atomic mass is 16.5. The SMILES string of the molecule is COC(=O)N[C@H](C(=O)N[C@@H](Cc1ccccc1)[C@@H](O)CN(Cc1ccc(-c2ccccn2)cc1)NC(=O)[C@@H](NC(=O)OC)C(C)(C)C)C(C)(C)C.Cc1cn([C@H]2C=C[C@@H](CO)O2)c(=O)[nH]c1=O. The molecule has 5 rings (SSSR count). The molecule has 67 heavy (non-hydrogen) atoms. The lowest BCUT2D eigenvalue weighted by Gasteiger charge is -2.35. The van der Waals surface area contributed by atoms with Gasteiger partial charge in [0.25, 0.3) is 11.5 Å². The summed E-state index contributed by atoms with van der Waals surface area (Å²) in [7, 11) is 2.44. The highest BCUT2D eigenvalue weighted by molar-refractivity contribution is 5.87. The number of pyridine rings is 1. The number of carbonyl (C=O) groups excluding carboxylic acids is 4. The number of hydrogen-bond donors (Lipinski definition) is 7. The van der Waals surface area contributed by atoms with Crippen LogP contribution in [0.25, 0.3) is 11.3 Å².